The van der Waals surface area contributed by atoms with E-state index >= 15 is 0 Å². The summed E-state index contributed by atoms with van der Waals surface area (Å²) in [5.74, 6) is 0. The van der Waals surface area contributed by atoms with Crippen LogP contribution in [0.25, 0.3) is 0 Å². The lowest BCUT2D eigenvalue weighted by molar-refractivity contribution is 0.150. The minimum atomic E-state index is 0.0250. The molecule has 0 bridgehead atoms. The number of unbranched alkanes of at least 4 members (excludes halogenated alkanes) is 2. The Labute approximate surface area is 99.2 Å². The Bertz CT molecular complexity index is 186. The number of hydrogen-bond donors (Lipinski definition) is 1. The summed E-state index contributed by atoms with van der Waals surface area (Å²) in [7, 11) is 1.74. The number of aliphatic hydroxyl groups is 1. The predicted molar refractivity (Wildman–Crippen MR) is 66.5 cm³/mol. The maximum absolute atomic E-state index is 12.0. The van der Waals surface area contributed by atoms with Crippen molar-refractivity contribution in [2.45, 2.75) is 39.5 Å². The van der Waals surface area contributed by atoms with Crippen LogP contribution in [0.1, 0.15) is 39.5 Å². The molecule has 0 radical (unpaired) electrons. The van der Waals surface area contributed by atoms with Gasteiger partial charge < -0.3 is 14.9 Å². The summed E-state index contributed by atoms with van der Waals surface area (Å²) in [5.41, 5.74) is 0. The van der Waals surface area contributed by atoms with Crippen LogP contribution in [0.5, 0.6) is 0 Å². The first-order chi connectivity index (χ1) is 7.67. The molecule has 0 aromatic carbocycles. The van der Waals surface area contributed by atoms with Crippen molar-refractivity contribution in [1.82, 2.24) is 9.80 Å². The van der Waals surface area contributed by atoms with Crippen molar-refractivity contribution in [3.05, 3.63) is 0 Å². The van der Waals surface area contributed by atoms with Gasteiger partial charge >= 0.3 is 6.03 Å². The Morgan fingerprint density at radius 2 is 1.75 bits per heavy atom. The van der Waals surface area contributed by atoms with Gasteiger partial charge in [0, 0.05) is 26.7 Å². The fourth-order valence-corrected chi connectivity index (χ4v) is 1.61. The lowest BCUT2D eigenvalue weighted by atomic mass is 10.2. The molecule has 0 aliphatic carbocycles. The van der Waals surface area contributed by atoms with Crippen LogP contribution in [0.15, 0.2) is 0 Å². The van der Waals surface area contributed by atoms with Crippen LogP contribution in [0.4, 0.5) is 4.79 Å². The monoisotopic (exact) mass is 230 g/mol. The first-order valence-corrected chi connectivity index (χ1v) is 6.28. The molecule has 0 unspecified atom stereocenters. The quantitative estimate of drug-likeness (QED) is 0.648. The number of nitrogens with zero attached hydrogens (tertiary/aromatic N) is 2. The van der Waals surface area contributed by atoms with E-state index in [2.05, 4.69) is 13.8 Å². The minimum Gasteiger partial charge on any atom is -0.395 e. The van der Waals surface area contributed by atoms with E-state index in [-0.39, 0.29) is 12.6 Å². The summed E-state index contributed by atoms with van der Waals surface area (Å²) in [6.07, 6.45) is 4.37. The van der Waals surface area contributed by atoms with E-state index in [0.717, 1.165) is 32.4 Å². The van der Waals surface area contributed by atoms with Crippen LogP contribution < -0.4 is 0 Å². The summed E-state index contributed by atoms with van der Waals surface area (Å²) in [6, 6.07) is 0.0343. The predicted octanol–water partition coefficient (Wildman–Crippen LogP) is 1.93. The third-order valence-corrected chi connectivity index (χ3v) is 2.56. The fraction of sp³-hybridized carbons (Fsp3) is 0.917. The van der Waals surface area contributed by atoms with Gasteiger partial charge in [-0.25, -0.2) is 4.79 Å². The van der Waals surface area contributed by atoms with Gasteiger partial charge in [-0.05, 0) is 12.8 Å². The van der Waals surface area contributed by atoms with E-state index in [0.29, 0.717) is 6.54 Å². The molecule has 0 aromatic heterocycles. The first-order valence-electron chi connectivity index (χ1n) is 6.28. The Hall–Kier alpha value is -0.770. The Morgan fingerprint density at radius 3 is 2.25 bits per heavy atom. The van der Waals surface area contributed by atoms with Crippen LogP contribution >= 0.6 is 0 Å². The fourth-order valence-electron chi connectivity index (χ4n) is 1.61. The van der Waals surface area contributed by atoms with Crippen molar-refractivity contribution in [3.8, 4) is 0 Å². The van der Waals surface area contributed by atoms with Crippen LogP contribution in [0.2, 0.25) is 0 Å². The van der Waals surface area contributed by atoms with E-state index in [1.807, 2.05) is 4.90 Å². The number of amides is 2. The second kappa shape index (κ2) is 9.46. The summed E-state index contributed by atoms with van der Waals surface area (Å²) < 4.78 is 0. The largest absolute Gasteiger partial charge is 0.395 e. The molecular formula is C12H26N2O2. The second-order valence-corrected chi connectivity index (χ2v) is 4.12. The van der Waals surface area contributed by atoms with Gasteiger partial charge in [0.15, 0.2) is 0 Å². The number of hydrogen-bond acceptors (Lipinski definition) is 2. The lowest BCUT2D eigenvalue weighted by Gasteiger charge is -2.27. The molecule has 0 spiro atoms. The van der Waals surface area contributed by atoms with Crippen molar-refractivity contribution in [2.75, 3.05) is 33.3 Å². The topological polar surface area (TPSA) is 43.8 Å². The van der Waals surface area contributed by atoms with Crippen molar-refractivity contribution in [3.63, 3.8) is 0 Å². The first kappa shape index (κ1) is 15.2. The average Bonchev–Trinajstić information content (AvgIpc) is 2.27. The highest BCUT2D eigenvalue weighted by atomic mass is 16.3. The molecule has 0 aliphatic rings. The SMILES string of the molecule is CCCCCN(CCC)C(=O)N(C)CCO. The molecule has 0 heterocycles. The van der Waals surface area contributed by atoms with Crippen molar-refractivity contribution in [2.24, 2.45) is 0 Å². The number of carbonyl (C=O) groups excluding carboxylic acids is 1. The zero-order valence-corrected chi connectivity index (χ0v) is 10.9. The molecule has 1 N–H and O–H groups in total. The number of carbonyl (C=O) groups is 1. The van der Waals surface area contributed by atoms with Gasteiger partial charge in [-0.2, -0.15) is 0 Å². The van der Waals surface area contributed by atoms with Crippen LogP contribution in [-0.2, 0) is 0 Å². The highest BCUT2D eigenvalue weighted by molar-refractivity contribution is 5.74. The van der Waals surface area contributed by atoms with Crippen molar-refractivity contribution in [1.29, 1.82) is 0 Å². The molecule has 16 heavy (non-hydrogen) atoms. The Balaban J connectivity index is 4.11. The van der Waals surface area contributed by atoms with Crippen LogP contribution in [-0.4, -0.2) is 54.2 Å². The summed E-state index contributed by atoms with van der Waals surface area (Å²) >= 11 is 0. The van der Waals surface area contributed by atoms with Gasteiger partial charge in [0.25, 0.3) is 0 Å². The zero-order chi connectivity index (χ0) is 12.4. The Kier molecular flexibility index (Phi) is 9.00. The smallest absolute Gasteiger partial charge is 0.319 e. The molecule has 2 amide bonds. The molecule has 0 rings (SSSR count). The number of urea groups is 1. The van der Waals surface area contributed by atoms with Gasteiger partial charge in [0.2, 0.25) is 0 Å². The third-order valence-electron chi connectivity index (χ3n) is 2.56. The highest BCUT2D eigenvalue weighted by Gasteiger charge is 2.15. The molecule has 96 valence electrons. The van der Waals surface area contributed by atoms with E-state index in [1.165, 1.54) is 6.42 Å². The van der Waals surface area contributed by atoms with Gasteiger partial charge in [-0.15, -0.1) is 0 Å². The van der Waals surface area contributed by atoms with E-state index in [1.54, 1.807) is 11.9 Å². The van der Waals surface area contributed by atoms with Gasteiger partial charge in [0.05, 0.1) is 6.61 Å². The maximum Gasteiger partial charge on any atom is 0.319 e. The number of rotatable bonds is 8. The molecule has 4 nitrogen and oxygen atoms in total. The molecule has 0 aliphatic heterocycles. The summed E-state index contributed by atoms with van der Waals surface area (Å²) in [5, 5.41) is 8.80. The molecule has 0 saturated carbocycles. The van der Waals surface area contributed by atoms with E-state index < -0.39 is 0 Å². The molecule has 0 atom stereocenters. The van der Waals surface area contributed by atoms with Gasteiger partial charge in [0.1, 0.15) is 0 Å². The molecule has 4 heteroatoms. The molecule has 0 saturated heterocycles. The molecule has 0 aromatic rings. The normalized spacial score (nSPS) is 10.2. The minimum absolute atomic E-state index is 0.0250. The van der Waals surface area contributed by atoms with E-state index in [4.69, 9.17) is 5.11 Å². The van der Waals surface area contributed by atoms with E-state index in [9.17, 15) is 4.79 Å². The van der Waals surface area contributed by atoms with Crippen molar-refractivity contribution >= 4 is 6.03 Å². The maximum atomic E-state index is 12.0. The average molecular weight is 230 g/mol. The Morgan fingerprint density at radius 1 is 1.06 bits per heavy atom. The van der Waals surface area contributed by atoms with Crippen molar-refractivity contribution < 1.29 is 9.90 Å². The van der Waals surface area contributed by atoms with Crippen LogP contribution in [0, 0.1) is 0 Å². The van der Waals surface area contributed by atoms with Gasteiger partial charge in [-0.1, -0.05) is 26.7 Å². The molecular weight excluding hydrogens is 204 g/mol. The van der Waals surface area contributed by atoms with Gasteiger partial charge in [-0.3, -0.25) is 0 Å². The second-order valence-electron chi connectivity index (χ2n) is 4.12. The number of aliphatic hydroxyl groups excluding tert-OH is 1. The number of likely N-dealkylation sites (N-methyl/N-ethyl adjacent to an activating group) is 1. The third kappa shape index (κ3) is 5.95. The summed E-state index contributed by atoms with van der Waals surface area (Å²) in [6.45, 7) is 6.30. The zero-order valence-electron chi connectivity index (χ0n) is 10.9. The summed E-state index contributed by atoms with van der Waals surface area (Å²) in [4.78, 5) is 15.4. The van der Waals surface area contributed by atoms with Crippen LogP contribution in [0.3, 0.4) is 0 Å². The standard InChI is InChI=1S/C12H26N2O2/c1-4-6-7-9-14(8-5-2)12(16)13(3)10-11-15/h15H,4-11H2,1-3H3. The highest BCUT2D eigenvalue weighted by Crippen LogP contribution is 2.03. The molecule has 0 fully saturated rings. The lowest BCUT2D eigenvalue weighted by Crippen LogP contribution is -2.43.